The number of nitrogens with one attached hydrogen (secondary N) is 1. The molecule has 1 fully saturated rings. The Morgan fingerprint density at radius 2 is 2.08 bits per heavy atom. The van der Waals surface area contributed by atoms with E-state index in [1.54, 1.807) is 6.08 Å². The second-order valence-corrected chi connectivity index (χ2v) is 6.15. The van der Waals surface area contributed by atoms with E-state index in [9.17, 15) is 10.1 Å². The quantitative estimate of drug-likeness (QED) is 0.417. The molecule has 1 aliphatic rings. The van der Waals surface area contributed by atoms with E-state index in [2.05, 4.69) is 17.1 Å². The zero-order chi connectivity index (χ0) is 18.6. The number of unbranched alkanes of at least 4 members (excludes halogenated alkanes) is 1. The number of carbonyl (C=O) groups excluding carboxylic acids is 1. The number of carbonyl (C=O) groups is 1. The maximum atomic E-state index is 12.2. The maximum Gasteiger partial charge on any atom is 0.261 e. The molecule has 0 aromatic heterocycles. The van der Waals surface area contributed by atoms with Gasteiger partial charge in [-0.05, 0) is 30.2 Å². The van der Waals surface area contributed by atoms with E-state index in [0.29, 0.717) is 13.2 Å². The summed E-state index contributed by atoms with van der Waals surface area (Å²) in [7, 11) is 0. The summed E-state index contributed by atoms with van der Waals surface area (Å²) in [5.74, 6) is 0.452. The number of amides is 1. The van der Waals surface area contributed by atoms with Gasteiger partial charge in [-0.1, -0.05) is 25.5 Å². The minimum Gasteiger partial charge on any atom is -0.494 e. The highest BCUT2D eigenvalue weighted by Gasteiger charge is 2.12. The van der Waals surface area contributed by atoms with Gasteiger partial charge < -0.3 is 14.8 Å². The fourth-order valence-electron chi connectivity index (χ4n) is 2.56. The van der Waals surface area contributed by atoms with Crippen molar-refractivity contribution >= 4 is 12.0 Å². The molecule has 0 atom stereocenters. The molecule has 1 heterocycles. The van der Waals surface area contributed by atoms with Crippen LogP contribution in [0.3, 0.4) is 0 Å². The van der Waals surface area contributed by atoms with Crippen LogP contribution in [0.4, 0.5) is 0 Å². The van der Waals surface area contributed by atoms with Gasteiger partial charge in [0.15, 0.2) is 0 Å². The van der Waals surface area contributed by atoms with Gasteiger partial charge in [-0.15, -0.1) is 0 Å². The van der Waals surface area contributed by atoms with Crippen molar-refractivity contribution < 1.29 is 14.3 Å². The zero-order valence-corrected chi connectivity index (χ0v) is 15.4. The number of nitriles is 1. The molecule has 0 spiro atoms. The number of nitrogens with zero attached hydrogens (tertiary/aromatic N) is 2. The second-order valence-electron chi connectivity index (χ2n) is 6.15. The van der Waals surface area contributed by atoms with E-state index in [-0.39, 0.29) is 11.5 Å². The Balaban J connectivity index is 1.83. The summed E-state index contributed by atoms with van der Waals surface area (Å²) in [6.07, 6.45) is 3.71. The summed E-state index contributed by atoms with van der Waals surface area (Å²) in [4.78, 5) is 14.4. The zero-order valence-electron chi connectivity index (χ0n) is 15.4. The van der Waals surface area contributed by atoms with Crippen molar-refractivity contribution in [3.63, 3.8) is 0 Å². The average Bonchev–Trinajstić information content (AvgIpc) is 2.68. The van der Waals surface area contributed by atoms with Gasteiger partial charge in [0.2, 0.25) is 0 Å². The molecule has 1 amide bonds. The van der Waals surface area contributed by atoms with E-state index in [0.717, 1.165) is 57.0 Å². The highest BCUT2D eigenvalue weighted by molar-refractivity contribution is 6.01. The summed E-state index contributed by atoms with van der Waals surface area (Å²) in [5.41, 5.74) is 0.902. The molecule has 26 heavy (non-hydrogen) atoms. The topological polar surface area (TPSA) is 74.6 Å². The van der Waals surface area contributed by atoms with Crippen LogP contribution in [0, 0.1) is 11.3 Å². The second kappa shape index (κ2) is 11.3. The molecule has 1 aliphatic heterocycles. The lowest BCUT2D eigenvalue weighted by atomic mass is 10.1. The minimum absolute atomic E-state index is 0.103. The SMILES string of the molecule is CCCCOc1ccc(C=C(C#N)C(=O)NCCN2CCOCC2)cc1. The van der Waals surface area contributed by atoms with Gasteiger partial charge in [0.1, 0.15) is 17.4 Å². The predicted molar refractivity (Wildman–Crippen MR) is 101 cm³/mol. The first-order valence-electron chi connectivity index (χ1n) is 9.16. The Morgan fingerprint density at radius 1 is 1.35 bits per heavy atom. The summed E-state index contributed by atoms with van der Waals surface area (Å²) in [6.45, 7) is 7.31. The van der Waals surface area contributed by atoms with Gasteiger partial charge in [0, 0.05) is 26.2 Å². The number of hydrogen-bond acceptors (Lipinski definition) is 5. The van der Waals surface area contributed by atoms with Gasteiger partial charge >= 0.3 is 0 Å². The molecule has 1 saturated heterocycles. The van der Waals surface area contributed by atoms with E-state index in [1.165, 1.54) is 0 Å². The van der Waals surface area contributed by atoms with Gasteiger partial charge in [-0.25, -0.2) is 0 Å². The number of benzene rings is 1. The van der Waals surface area contributed by atoms with Crippen molar-refractivity contribution in [2.24, 2.45) is 0 Å². The molecule has 0 unspecified atom stereocenters. The molecule has 1 aromatic rings. The van der Waals surface area contributed by atoms with Crippen molar-refractivity contribution in [1.82, 2.24) is 10.2 Å². The molecule has 0 bridgehead atoms. The largest absolute Gasteiger partial charge is 0.494 e. The van der Waals surface area contributed by atoms with E-state index < -0.39 is 0 Å². The third kappa shape index (κ3) is 6.87. The van der Waals surface area contributed by atoms with E-state index >= 15 is 0 Å². The monoisotopic (exact) mass is 357 g/mol. The maximum absolute atomic E-state index is 12.2. The Labute approximate surface area is 155 Å². The van der Waals surface area contributed by atoms with E-state index in [1.807, 2.05) is 30.3 Å². The first-order valence-corrected chi connectivity index (χ1v) is 9.16. The highest BCUT2D eigenvalue weighted by Crippen LogP contribution is 2.15. The van der Waals surface area contributed by atoms with Gasteiger partial charge in [-0.2, -0.15) is 5.26 Å². The number of hydrogen-bond donors (Lipinski definition) is 1. The van der Waals surface area contributed by atoms with Crippen LogP contribution in [0.2, 0.25) is 0 Å². The normalized spacial score (nSPS) is 15.3. The van der Waals surface area contributed by atoms with Crippen molar-refractivity contribution in [2.75, 3.05) is 46.0 Å². The number of rotatable bonds is 9. The lowest BCUT2D eigenvalue weighted by molar-refractivity contribution is -0.117. The minimum atomic E-state index is -0.343. The number of morpholine rings is 1. The molecule has 6 heteroatoms. The summed E-state index contributed by atoms with van der Waals surface area (Å²) in [6, 6.07) is 9.38. The molecule has 6 nitrogen and oxygen atoms in total. The first kappa shape index (κ1) is 20.0. The van der Waals surface area contributed by atoms with Crippen LogP contribution in [0.15, 0.2) is 29.8 Å². The van der Waals surface area contributed by atoms with Crippen LogP contribution >= 0.6 is 0 Å². The molecule has 0 aliphatic carbocycles. The van der Waals surface area contributed by atoms with Crippen molar-refractivity contribution in [3.05, 3.63) is 35.4 Å². The van der Waals surface area contributed by atoms with Gasteiger partial charge in [-0.3, -0.25) is 9.69 Å². The van der Waals surface area contributed by atoms with E-state index in [4.69, 9.17) is 9.47 Å². The van der Waals surface area contributed by atoms with Crippen molar-refractivity contribution in [2.45, 2.75) is 19.8 Å². The van der Waals surface area contributed by atoms with Crippen LogP contribution in [0.1, 0.15) is 25.3 Å². The molecular formula is C20H27N3O3. The van der Waals surface area contributed by atoms with Crippen molar-refractivity contribution in [3.8, 4) is 11.8 Å². The molecular weight excluding hydrogens is 330 g/mol. The Kier molecular flexibility index (Phi) is 8.67. The fourth-order valence-corrected chi connectivity index (χ4v) is 2.56. The summed E-state index contributed by atoms with van der Waals surface area (Å²) >= 11 is 0. The summed E-state index contributed by atoms with van der Waals surface area (Å²) < 4.78 is 10.9. The molecule has 1 N–H and O–H groups in total. The lowest BCUT2D eigenvalue weighted by Gasteiger charge is -2.26. The van der Waals surface area contributed by atoms with Crippen LogP contribution in [-0.2, 0) is 9.53 Å². The molecule has 140 valence electrons. The number of ether oxygens (including phenoxy) is 2. The average molecular weight is 357 g/mol. The van der Waals surface area contributed by atoms with Crippen LogP contribution in [0.5, 0.6) is 5.75 Å². The third-order valence-corrected chi connectivity index (χ3v) is 4.14. The molecule has 0 saturated carbocycles. The Morgan fingerprint density at radius 3 is 2.73 bits per heavy atom. The van der Waals surface area contributed by atoms with Gasteiger partial charge in [0.05, 0.1) is 19.8 Å². The molecule has 0 radical (unpaired) electrons. The Hall–Kier alpha value is -2.36. The third-order valence-electron chi connectivity index (χ3n) is 4.14. The first-order chi connectivity index (χ1) is 12.7. The van der Waals surface area contributed by atoms with Gasteiger partial charge in [0.25, 0.3) is 5.91 Å². The van der Waals surface area contributed by atoms with Crippen LogP contribution in [-0.4, -0.2) is 56.8 Å². The fraction of sp³-hybridized carbons (Fsp3) is 0.500. The van der Waals surface area contributed by atoms with Crippen LogP contribution < -0.4 is 10.1 Å². The predicted octanol–water partition coefficient (Wildman–Crippen LogP) is 2.22. The van der Waals surface area contributed by atoms with Crippen LogP contribution in [0.25, 0.3) is 6.08 Å². The molecule has 1 aromatic carbocycles. The smallest absolute Gasteiger partial charge is 0.261 e. The summed E-state index contributed by atoms with van der Waals surface area (Å²) in [5, 5.41) is 12.1. The van der Waals surface area contributed by atoms with Crippen molar-refractivity contribution in [1.29, 1.82) is 5.26 Å². The Bertz CT molecular complexity index is 629. The highest BCUT2D eigenvalue weighted by atomic mass is 16.5. The lowest BCUT2D eigenvalue weighted by Crippen LogP contribution is -2.41. The molecule has 2 rings (SSSR count). The standard InChI is InChI=1S/C20H27N3O3/c1-2-3-12-26-19-6-4-17(5-7-19)15-18(16-21)20(24)22-8-9-23-10-13-25-14-11-23/h4-7,15H,2-3,8-14H2,1H3,(H,22,24).